The van der Waals surface area contributed by atoms with Crippen LogP contribution in [0.5, 0.6) is 0 Å². The largest absolute Gasteiger partial charge is 0.480 e. The summed E-state index contributed by atoms with van der Waals surface area (Å²) in [5.74, 6) is -0.615. The molecule has 0 aliphatic carbocycles. The van der Waals surface area contributed by atoms with Crippen molar-refractivity contribution < 1.29 is 9.90 Å². The molecule has 2 aromatic rings. The summed E-state index contributed by atoms with van der Waals surface area (Å²) < 4.78 is 0. The molecule has 3 rings (SSSR count). The number of carbonyl (C=O) groups is 1. The van der Waals surface area contributed by atoms with Crippen LogP contribution in [0.15, 0.2) is 48.5 Å². The lowest BCUT2D eigenvalue weighted by atomic mass is 10.1. The van der Waals surface area contributed by atoms with E-state index in [9.17, 15) is 4.79 Å². The molecule has 1 aliphatic heterocycles. The van der Waals surface area contributed by atoms with Crippen LogP contribution in [0.25, 0.3) is 10.8 Å². The van der Waals surface area contributed by atoms with Gasteiger partial charge in [0.2, 0.25) is 0 Å². The normalized spacial score (nSPS) is 18.0. The molecule has 3 heteroatoms. The maximum absolute atomic E-state index is 10.6. The molecule has 0 saturated carbocycles. The van der Waals surface area contributed by atoms with Crippen LogP contribution in [-0.2, 0) is 4.79 Å². The Hall–Kier alpha value is -1.48. The van der Waals surface area contributed by atoms with Crippen LogP contribution in [-0.4, -0.2) is 21.6 Å². The average molecular weight is 387 g/mol. The molecule has 0 bridgehead atoms. The fraction of sp³-hybridized carbons (Fsp3) is 0.542. The van der Waals surface area contributed by atoms with E-state index in [0.717, 1.165) is 6.42 Å². The summed E-state index contributed by atoms with van der Waals surface area (Å²) >= 11 is 1.62. The van der Waals surface area contributed by atoms with Crippen molar-refractivity contribution in [1.82, 2.24) is 0 Å². The van der Waals surface area contributed by atoms with Crippen LogP contribution >= 0.6 is 11.8 Å². The quantitative estimate of drug-likeness (QED) is 0.325. The number of unbranched alkanes of at least 4 members (excludes halogenated alkanes) is 8. The van der Waals surface area contributed by atoms with Crippen molar-refractivity contribution in [3.63, 3.8) is 0 Å². The Morgan fingerprint density at radius 3 is 1.67 bits per heavy atom. The predicted octanol–water partition coefficient (Wildman–Crippen LogP) is 7.32. The van der Waals surface area contributed by atoms with Crippen molar-refractivity contribution in [3.8, 4) is 0 Å². The minimum absolute atomic E-state index is 0.0796. The Morgan fingerprint density at radius 2 is 1.26 bits per heavy atom. The first-order valence-corrected chi connectivity index (χ1v) is 11.5. The van der Waals surface area contributed by atoms with Gasteiger partial charge in [0.25, 0.3) is 0 Å². The van der Waals surface area contributed by atoms with Crippen molar-refractivity contribution in [2.24, 2.45) is 0 Å². The highest BCUT2D eigenvalue weighted by Crippen LogP contribution is 2.44. The molecule has 148 valence electrons. The van der Waals surface area contributed by atoms with Gasteiger partial charge < -0.3 is 5.11 Å². The van der Waals surface area contributed by atoms with Crippen molar-refractivity contribution >= 4 is 28.5 Å². The number of hydrogen-bond donors (Lipinski definition) is 1. The molecular weight excluding hydrogens is 352 g/mol. The molecule has 1 aliphatic rings. The highest BCUT2D eigenvalue weighted by Gasteiger charge is 2.43. The minimum Gasteiger partial charge on any atom is -0.480 e. The first-order chi connectivity index (χ1) is 13.2. The number of rotatable bonds is 11. The number of hydrogen-bond acceptors (Lipinski definition) is 2. The molecule has 1 saturated heterocycles. The number of aliphatic carboxylic acids is 1. The molecule has 0 spiro atoms. The summed E-state index contributed by atoms with van der Waals surface area (Å²) in [7, 11) is 0. The molecule has 1 fully saturated rings. The molecule has 0 aromatic heterocycles. The maximum atomic E-state index is 10.6. The highest BCUT2D eigenvalue weighted by molar-refractivity contribution is 8.08. The standard InChI is InChI=1S/C14H26O2S.C10H8/c1-2-3-4-5-6-7-8-9-10-11-12-13(17-12)14(15)16;1-2-6-10-8-4-3-7-9(10)5-1/h12-13H,2-11H2,1H3,(H,15,16);1-8H. The summed E-state index contributed by atoms with van der Waals surface area (Å²) in [5, 5.41) is 11.7. The first-order valence-electron chi connectivity index (χ1n) is 10.5. The lowest BCUT2D eigenvalue weighted by molar-refractivity contribution is -0.135. The smallest absolute Gasteiger partial charge is 0.317 e. The number of fused-ring (bicyclic) bond motifs is 1. The number of thioether (sulfide) groups is 1. The molecule has 27 heavy (non-hydrogen) atoms. The molecule has 2 nitrogen and oxygen atoms in total. The second kappa shape index (κ2) is 12.8. The van der Waals surface area contributed by atoms with Gasteiger partial charge >= 0.3 is 5.97 Å². The van der Waals surface area contributed by atoms with Gasteiger partial charge in [-0.15, -0.1) is 11.8 Å². The van der Waals surface area contributed by atoms with Crippen LogP contribution in [0.2, 0.25) is 0 Å². The van der Waals surface area contributed by atoms with Gasteiger partial charge in [-0.1, -0.05) is 113 Å². The van der Waals surface area contributed by atoms with E-state index in [1.54, 1.807) is 11.8 Å². The van der Waals surface area contributed by atoms with Crippen LogP contribution < -0.4 is 0 Å². The van der Waals surface area contributed by atoms with Gasteiger partial charge in [0.1, 0.15) is 5.25 Å². The molecule has 2 unspecified atom stereocenters. The van der Waals surface area contributed by atoms with Crippen molar-refractivity contribution in [2.75, 3.05) is 0 Å². The maximum Gasteiger partial charge on any atom is 0.317 e. The molecule has 0 radical (unpaired) electrons. The fourth-order valence-corrected chi connectivity index (χ4v) is 4.33. The Balaban J connectivity index is 0.000000219. The van der Waals surface area contributed by atoms with E-state index < -0.39 is 5.97 Å². The molecule has 0 amide bonds. The van der Waals surface area contributed by atoms with Crippen molar-refractivity contribution in [3.05, 3.63) is 48.5 Å². The van der Waals surface area contributed by atoms with E-state index in [1.165, 1.54) is 68.6 Å². The van der Waals surface area contributed by atoms with Gasteiger partial charge in [-0.05, 0) is 17.2 Å². The third-order valence-electron chi connectivity index (χ3n) is 5.08. The molecule has 2 atom stereocenters. The summed E-state index contributed by atoms with van der Waals surface area (Å²) in [4.78, 5) is 10.6. The summed E-state index contributed by atoms with van der Waals surface area (Å²) in [6.07, 6.45) is 13.2. The van der Waals surface area contributed by atoms with Crippen LogP contribution in [0.4, 0.5) is 0 Å². The second-order valence-corrected chi connectivity index (χ2v) is 8.78. The number of benzene rings is 2. The van der Waals surface area contributed by atoms with Crippen molar-refractivity contribution in [1.29, 1.82) is 0 Å². The summed E-state index contributed by atoms with van der Waals surface area (Å²) in [6.45, 7) is 2.25. The molecule has 2 aromatic carbocycles. The van der Waals surface area contributed by atoms with Crippen LogP contribution in [0.1, 0.15) is 71.1 Å². The van der Waals surface area contributed by atoms with E-state index >= 15 is 0 Å². The lowest BCUT2D eigenvalue weighted by Crippen LogP contribution is -2.07. The van der Waals surface area contributed by atoms with Gasteiger partial charge in [0, 0.05) is 5.25 Å². The van der Waals surface area contributed by atoms with E-state index in [0.29, 0.717) is 5.25 Å². The Bertz CT molecular complexity index is 605. The van der Waals surface area contributed by atoms with E-state index in [2.05, 4.69) is 55.5 Å². The highest BCUT2D eigenvalue weighted by atomic mass is 32.2. The van der Waals surface area contributed by atoms with Gasteiger partial charge in [0.05, 0.1) is 0 Å². The van der Waals surface area contributed by atoms with Crippen molar-refractivity contribution in [2.45, 2.75) is 81.6 Å². The predicted molar refractivity (Wildman–Crippen MR) is 119 cm³/mol. The SMILES string of the molecule is CCCCCCCCCCCC1SC1C(=O)O.c1ccc2ccccc2c1. The minimum atomic E-state index is -0.615. The number of carboxylic acids is 1. The molecular formula is C24H34O2S. The zero-order valence-corrected chi connectivity index (χ0v) is 17.4. The Morgan fingerprint density at radius 1 is 0.815 bits per heavy atom. The third kappa shape index (κ3) is 8.83. The average Bonchev–Trinajstić information content (AvgIpc) is 3.47. The second-order valence-electron chi connectivity index (χ2n) is 7.40. The van der Waals surface area contributed by atoms with E-state index in [1.807, 2.05) is 0 Å². The van der Waals surface area contributed by atoms with E-state index in [4.69, 9.17) is 5.11 Å². The van der Waals surface area contributed by atoms with Gasteiger partial charge in [-0.3, -0.25) is 4.79 Å². The Labute approximate surface area is 168 Å². The van der Waals surface area contributed by atoms with Gasteiger partial charge in [0.15, 0.2) is 0 Å². The zero-order valence-electron chi connectivity index (χ0n) is 16.6. The van der Waals surface area contributed by atoms with Crippen LogP contribution in [0.3, 0.4) is 0 Å². The Kier molecular flexibility index (Phi) is 10.4. The lowest BCUT2D eigenvalue weighted by Gasteiger charge is -2.01. The zero-order chi connectivity index (χ0) is 19.3. The van der Waals surface area contributed by atoms with Crippen LogP contribution in [0, 0.1) is 0 Å². The molecule has 1 N–H and O–H groups in total. The van der Waals surface area contributed by atoms with Gasteiger partial charge in [-0.25, -0.2) is 0 Å². The summed E-state index contributed by atoms with van der Waals surface area (Å²) in [5.41, 5.74) is 0. The monoisotopic (exact) mass is 386 g/mol. The van der Waals surface area contributed by atoms with E-state index in [-0.39, 0.29) is 5.25 Å². The first kappa shape index (κ1) is 21.8. The molecule has 1 heterocycles. The van der Waals surface area contributed by atoms with Gasteiger partial charge in [-0.2, -0.15) is 0 Å². The third-order valence-corrected chi connectivity index (χ3v) is 6.44. The topological polar surface area (TPSA) is 37.3 Å². The summed E-state index contributed by atoms with van der Waals surface area (Å²) in [6, 6.07) is 16.7. The number of carboxylic acid groups (broad SMARTS) is 1. The fourth-order valence-electron chi connectivity index (χ4n) is 3.37.